The fourth-order valence-corrected chi connectivity index (χ4v) is 2.86. The Morgan fingerprint density at radius 3 is 2.45 bits per heavy atom. The van der Waals surface area contributed by atoms with Crippen LogP contribution in [0.25, 0.3) is 0 Å². The minimum atomic E-state index is -0.119. The van der Waals surface area contributed by atoms with Gasteiger partial charge in [0.1, 0.15) is 5.82 Å². The van der Waals surface area contributed by atoms with Gasteiger partial charge in [0.2, 0.25) is 0 Å². The monoisotopic (exact) mass is 359 g/mol. The van der Waals surface area contributed by atoms with Crippen molar-refractivity contribution in [1.29, 1.82) is 0 Å². The molecule has 0 spiro atoms. The highest BCUT2D eigenvalue weighted by atomic mass is 79.9. The van der Waals surface area contributed by atoms with Crippen LogP contribution in [-0.4, -0.2) is 24.0 Å². The van der Waals surface area contributed by atoms with E-state index in [-0.39, 0.29) is 5.91 Å². The third-order valence-electron chi connectivity index (χ3n) is 3.86. The van der Waals surface area contributed by atoms with E-state index in [9.17, 15) is 4.79 Å². The van der Waals surface area contributed by atoms with Gasteiger partial charge in [0.15, 0.2) is 0 Å². The molecule has 1 amide bonds. The Labute approximate surface area is 138 Å². The van der Waals surface area contributed by atoms with E-state index in [2.05, 4.69) is 31.1 Å². The van der Waals surface area contributed by atoms with E-state index in [1.54, 1.807) is 12.1 Å². The highest BCUT2D eigenvalue weighted by Crippen LogP contribution is 2.22. The van der Waals surface area contributed by atoms with Crippen LogP contribution >= 0.6 is 15.9 Å². The van der Waals surface area contributed by atoms with Crippen LogP contribution in [-0.2, 0) is 0 Å². The van der Waals surface area contributed by atoms with Crippen LogP contribution in [0.2, 0.25) is 0 Å². The minimum Gasteiger partial charge on any atom is -0.357 e. The first-order valence-electron chi connectivity index (χ1n) is 7.43. The largest absolute Gasteiger partial charge is 0.357 e. The number of nitrogens with zero attached hydrogens (tertiary/aromatic N) is 2. The van der Waals surface area contributed by atoms with E-state index < -0.39 is 0 Å². The number of nitrogens with one attached hydrogen (secondary N) is 1. The van der Waals surface area contributed by atoms with Crippen LogP contribution in [0.15, 0.2) is 40.9 Å². The summed E-state index contributed by atoms with van der Waals surface area (Å²) in [7, 11) is 0. The number of aromatic nitrogens is 1. The van der Waals surface area contributed by atoms with E-state index in [1.165, 1.54) is 12.8 Å². The van der Waals surface area contributed by atoms with Crippen LogP contribution in [0.5, 0.6) is 0 Å². The lowest BCUT2D eigenvalue weighted by atomic mass is 10.2. The molecule has 2 aromatic rings. The number of aryl methyl sites for hydroxylation is 1. The van der Waals surface area contributed by atoms with Gasteiger partial charge in [-0.2, -0.15) is 0 Å². The quantitative estimate of drug-likeness (QED) is 0.900. The first-order chi connectivity index (χ1) is 10.6. The SMILES string of the molecule is Cc1nc(N2CCCC2)ccc1NC(=O)c1ccc(Br)cc1. The number of anilines is 2. The van der Waals surface area contributed by atoms with Crippen LogP contribution in [0.1, 0.15) is 28.9 Å². The van der Waals surface area contributed by atoms with Crippen molar-refractivity contribution >= 4 is 33.3 Å². The van der Waals surface area contributed by atoms with Gasteiger partial charge in [-0.3, -0.25) is 4.79 Å². The van der Waals surface area contributed by atoms with E-state index in [1.807, 2.05) is 31.2 Å². The predicted molar refractivity (Wildman–Crippen MR) is 92.5 cm³/mol. The van der Waals surface area contributed by atoms with Crippen molar-refractivity contribution in [2.75, 3.05) is 23.3 Å². The molecule has 1 aliphatic rings. The Morgan fingerprint density at radius 1 is 1.14 bits per heavy atom. The van der Waals surface area contributed by atoms with Crippen LogP contribution in [0.4, 0.5) is 11.5 Å². The fourth-order valence-electron chi connectivity index (χ4n) is 2.60. The van der Waals surface area contributed by atoms with Crippen molar-refractivity contribution in [2.45, 2.75) is 19.8 Å². The van der Waals surface area contributed by atoms with Gasteiger partial charge < -0.3 is 10.2 Å². The summed E-state index contributed by atoms with van der Waals surface area (Å²) >= 11 is 3.37. The summed E-state index contributed by atoms with van der Waals surface area (Å²) in [6.07, 6.45) is 2.45. The topological polar surface area (TPSA) is 45.2 Å². The maximum absolute atomic E-state index is 12.3. The number of benzene rings is 1. The molecule has 0 atom stereocenters. The van der Waals surface area contributed by atoms with Crippen molar-refractivity contribution in [3.63, 3.8) is 0 Å². The minimum absolute atomic E-state index is 0.119. The molecule has 1 N–H and O–H groups in total. The maximum Gasteiger partial charge on any atom is 0.255 e. The van der Waals surface area contributed by atoms with Crippen molar-refractivity contribution in [2.24, 2.45) is 0 Å². The smallest absolute Gasteiger partial charge is 0.255 e. The summed E-state index contributed by atoms with van der Waals surface area (Å²) in [5.74, 6) is 0.878. The van der Waals surface area contributed by atoms with Crippen LogP contribution in [0.3, 0.4) is 0 Å². The number of carbonyl (C=O) groups excluding carboxylic acids is 1. The van der Waals surface area contributed by atoms with Crippen molar-refractivity contribution in [3.05, 3.63) is 52.1 Å². The highest BCUT2D eigenvalue weighted by Gasteiger charge is 2.15. The number of hydrogen-bond acceptors (Lipinski definition) is 3. The number of halogens is 1. The van der Waals surface area contributed by atoms with Crippen LogP contribution in [0, 0.1) is 6.92 Å². The summed E-state index contributed by atoms with van der Waals surface area (Å²) in [5.41, 5.74) is 2.23. The average Bonchev–Trinajstić information content (AvgIpc) is 3.04. The highest BCUT2D eigenvalue weighted by molar-refractivity contribution is 9.10. The summed E-state index contributed by atoms with van der Waals surface area (Å²) < 4.78 is 0.955. The lowest BCUT2D eigenvalue weighted by Gasteiger charge is -2.18. The predicted octanol–water partition coefficient (Wildman–Crippen LogP) is 4.01. The second-order valence-electron chi connectivity index (χ2n) is 5.46. The summed E-state index contributed by atoms with van der Waals surface area (Å²) in [4.78, 5) is 19.2. The standard InChI is InChI=1S/C17H18BrN3O/c1-12-15(8-9-16(19-12)21-10-2-3-11-21)20-17(22)13-4-6-14(18)7-5-13/h4-9H,2-3,10-11H2,1H3,(H,20,22). The molecule has 22 heavy (non-hydrogen) atoms. The lowest BCUT2D eigenvalue weighted by molar-refractivity contribution is 0.102. The molecule has 114 valence electrons. The molecule has 0 bridgehead atoms. The average molecular weight is 360 g/mol. The summed E-state index contributed by atoms with van der Waals surface area (Å²) in [6, 6.07) is 11.2. The number of carbonyl (C=O) groups is 1. The first-order valence-corrected chi connectivity index (χ1v) is 8.22. The van der Waals surface area contributed by atoms with Gasteiger partial charge in [0.25, 0.3) is 5.91 Å². The molecule has 1 fully saturated rings. The zero-order valence-electron chi connectivity index (χ0n) is 12.5. The molecule has 2 heterocycles. The Balaban J connectivity index is 1.74. The number of rotatable bonds is 3. The Hall–Kier alpha value is -1.88. The Bertz CT molecular complexity index is 679. The molecule has 0 radical (unpaired) electrons. The zero-order valence-corrected chi connectivity index (χ0v) is 14.1. The number of amides is 1. The Kier molecular flexibility index (Phi) is 4.43. The van der Waals surface area contributed by atoms with Gasteiger partial charge in [-0.25, -0.2) is 4.98 Å². The first kappa shape index (κ1) is 15.0. The fraction of sp³-hybridized carbons (Fsp3) is 0.294. The molecule has 1 aromatic heterocycles. The van der Waals surface area contributed by atoms with Gasteiger partial charge >= 0.3 is 0 Å². The summed E-state index contributed by atoms with van der Waals surface area (Å²) in [5, 5.41) is 2.93. The normalized spacial score (nSPS) is 14.2. The molecule has 0 saturated carbocycles. The molecule has 0 aliphatic carbocycles. The lowest BCUT2D eigenvalue weighted by Crippen LogP contribution is -2.20. The molecule has 1 aromatic carbocycles. The van der Waals surface area contributed by atoms with E-state index >= 15 is 0 Å². The third-order valence-corrected chi connectivity index (χ3v) is 4.38. The molecule has 3 rings (SSSR count). The van der Waals surface area contributed by atoms with Gasteiger partial charge in [-0.15, -0.1) is 0 Å². The molecular formula is C17H18BrN3O. The van der Waals surface area contributed by atoms with Gasteiger partial charge in [-0.1, -0.05) is 15.9 Å². The second kappa shape index (κ2) is 6.48. The van der Waals surface area contributed by atoms with Gasteiger partial charge in [0, 0.05) is 23.1 Å². The van der Waals surface area contributed by atoms with E-state index in [0.29, 0.717) is 5.56 Å². The molecule has 1 aliphatic heterocycles. The van der Waals surface area contributed by atoms with Gasteiger partial charge in [-0.05, 0) is 56.2 Å². The van der Waals surface area contributed by atoms with E-state index in [4.69, 9.17) is 0 Å². The molecular weight excluding hydrogens is 342 g/mol. The third kappa shape index (κ3) is 3.30. The molecule has 0 unspecified atom stereocenters. The van der Waals surface area contributed by atoms with Crippen molar-refractivity contribution in [1.82, 2.24) is 4.98 Å². The van der Waals surface area contributed by atoms with E-state index in [0.717, 1.165) is 34.8 Å². The Morgan fingerprint density at radius 2 is 1.82 bits per heavy atom. The zero-order chi connectivity index (χ0) is 15.5. The van der Waals surface area contributed by atoms with Gasteiger partial charge in [0.05, 0.1) is 11.4 Å². The van der Waals surface area contributed by atoms with Crippen molar-refractivity contribution < 1.29 is 4.79 Å². The summed E-state index contributed by atoms with van der Waals surface area (Å²) in [6.45, 7) is 4.06. The van der Waals surface area contributed by atoms with Crippen molar-refractivity contribution in [3.8, 4) is 0 Å². The van der Waals surface area contributed by atoms with Crippen LogP contribution < -0.4 is 10.2 Å². The molecule has 1 saturated heterocycles. The number of pyridine rings is 1. The molecule has 4 nitrogen and oxygen atoms in total. The number of hydrogen-bond donors (Lipinski definition) is 1. The second-order valence-corrected chi connectivity index (χ2v) is 6.37. The molecule has 5 heteroatoms. The maximum atomic E-state index is 12.3.